The molecule has 3 nitrogen and oxygen atoms in total. The maximum atomic E-state index is 4.77. The van der Waals surface area contributed by atoms with Crippen LogP contribution in [0.25, 0.3) is 22.8 Å². The van der Waals surface area contributed by atoms with Crippen LogP contribution >= 0.6 is 0 Å². The van der Waals surface area contributed by atoms with E-state index in [9.17, 15) is 0 Å². The molecule has 3 rings (SSSR count). The average Bonchev–Trinajstić information content (AvgIpc) is 2.47. The number of hydrogen-bond donors (Lipinski definition) is 0. The molecule has 21 heavy (non-hydrogen) atoms. The van der Waals surface area contributed by atoms with Crippen molar-refractivity contribution >= 4 is 0 Å². The number of rotatable bonds is 2. The van der Waals surface area contributed by atoms with Gasteiger partial charge in [0.1, 0.15) is 5.69 Å². The highest BCUT2D eigenvalue weighted by atomic mass is 14.9. The van der Waals surface area contributed by atoms with Crippen molar-refractivity contribution in [2.24, 2.45) is 0 Å². The molecule has 0 N–H and O–H groups in total. The predicted molar refractivity (Wildman–Crippen MR) is 84.9 cm³/mol. The molecular weight excluding hydrogens is 258 g/mol. The van der Waals surface area contributed by atoms with E-state index in [1.54, 1.807) is 0 Å². The maximum Gasteiger partial charge on any atom is 0.178 e. The number of aromatic nitrogens is 3. The second-order valence-corrected chi connectivity index (χ2v) is 5.20. The van der Waals surface area contributed by atoms with Crippen LogP contribution in [0.2, 0.25) is 0 Å². The Morgan fingerprint density at radius 3 is 2.05 bits per heavy atom. The Balaban J connectivity index is 2.14. The van der Waals surface area contributed by atoms with Gasteiger partial charge in [-0.05, 0) is 38.5 Å². The van der Waals surface area contributed by atoms with Crippen molar-refractivity contribution in [3.8, 4) is 22.8 Å². The van der Waals surface area contributed by atoms with E-state index < -0.39 is 0 Å². The van der Waals surface area contributed by atoms with Crippen molar-refractivity contribution < 1.29 is 0 Å². The van der Waals surface area contributed by atoms with Crippen molar-refractivity contribution in [2.45, 2.75) is 20.8 Å². The Labute approximate surface area is 124 Å². The van der Waals surface area contributed by atoms with Crippen LogP contribution in [0.5, 0.6) is 0 Å². The molecule has 0 radical (unpaired) electrons. The molecule has 0 saturated carbocycles. The summed E-state index contributed by atoms with van der Waals surface area (Å²) in [5.74, 6) is 0.697. The Morgan fingerprint density at radius 2 is 1.38 bits per heavy atom. The zero-order valence-electron chi connectivity index (χ0n) is 12.5. The molecule has 3 heteroatoms. The number of benzene rings is 1. The molecule has 0 atom stereocenters. The van der Waals surface area contributed by atoms with Crippen LogP contribution in [0.4, 0.5) is 0 Å². The van der Waals surface area contributed by atoms with Gasteiger partial charge in [-0.3, -0.25) is 0 Å². The van der Waals surface area contributed by atoms with Crippen LogP contribution in [0.15, 0.2) is 48.5 Å². The fourth-order valence-corrected chi connectivity index (χ4v) is 2.36. The lowest BCUT2D eigenvalue weighted by atomic mass is 10.1. The largest absolute Gasteiger partial charge is 0.244 e. The summed E-state index contributed by atoms with van der Waals surface area (Å²) in [5.41, 5.74) is 5.90. The summed E-state index contributed by atoms with van der Waals surface area (Å²) in [5, 5.41) is 0. The summed E-state index contributed by atoms with van der Waals surface area (Å²) in [6.07, 6.45) is 0. The van der Waals surface area contributed by atoms with E-state index in [1.165, 1.54) is 0 Å². The lowest BCUT2D eigenvalue weighted by Crippen LogP contribution is -1.99. The van der Waals surface area contributed by atoms with Crippen molar-refractivity contribution in [3.63, 3.8) is 0 Å². The van der Waals surface area contributed by atoms with Gasteiger partial charge in [0.05, 0.1) is 5.69 Å². The third-order valence-corrected chi connectivity index (χ3v) is 3.36. The molecule has 0 fully saturated rings. The Kier molecular flexibility index (Phi) is 3.48. The van der Waals surface area contributed by atoms with Crippen LogP contribution in [0, 0.1) is 20.8 Å². The molecule has 0 aliphatic rings. The van der Waals surface area contributed by atoms with Gasteiger partial charge in [-0.25, -0.2) is 15.0 Å². The van der Waals surface area contributed by atoms with E-state index in [0.717, 1.165) is 33.9 Å². The maximum absolute atomic E-state index is 4.77. The van der Waals surface area contributed by atoms with Crippen molar-refractivity contribution in [2.75, 3.05) is 0 Å². The predicted octanol–water partition coefficient (Wildman–Crippen LogP) is 4.13. The Bertz CT molecular complexity index is 759. The molecule has 0 saturated heterocycles. The van der Waals surface area contributed by atoms with E-state index in [-0.39, 0.29) is 0 Å². The van der Waals surface area contributed by atoms with Crippen LogP contribution in [0.3, 0.4) is 0 Å². The molecule has 1 aromatic carbocycles. The molecule has 2 heterocycles. The van der Waals surface area contributed by atoms with E-state index >= 15 is 0 Å². The van der Waals surface area contributed by atoms with E-state index in [2.05, 4.69) is 28.2 Å². The highest BCUT2D eigenvalue weighted by molar-refractivity contribution is 5.65. The third-order valence-electron chi connectivity index (χ3n) is 3.36. The van der Waals surface area contributed by atoms with Crippen LogP contribution in [0.1, 0.15) is 17.0 Å². The monoisotopic (exact) mass is 275 g/mol. The molecule has 0 aliphatic heterocycles. The van der Waals surface area contributed by atoms with E-state index in [4.69, 9.17) is 4.98 Å². The van der Waals surface area contributed by atoms with Crippen molar-refractivity contribution in [3.05, 3.63) is 65.5 Å². The highest BCUT2D eigenvalue weighted by Gasteiger charge is 2.10. The van der Waals surface area contributed by atoms with Gasteiger partial charge in [-0.2, -0.15) is 0 Å². The minimum absolute atomic E-state index is 0.697. The minimum Gasteiger partial charge on any atom is -0.244 e. The fourth-order valence-electron chi connectivity index (χ4n) is 2.36. The van der Waals surface area contributed by atoms with Gasteiger partial charge in [0.25, 0.3) is 0 Å². The minimum atomic E-state index is 0.697. The first-order valence-electron chi connectivity index (χ1n) is 6.99. The molecule has 0 unspecified atom stereocenters. The smallest absolute Gasteiger partial charge is 0.178 e. The van der Waals surface area contributed by atoms with Gasteiger partial charge >= 0.3 is 0 Å². The average molecular weight is 275 g/mol. The van der Waals surface area contributed by atoms with Gasteiger partial charge in [0, 0.05) is 17.0 Å². The van der Waals surface area contributed by atoms with Gasteiger partial charge in [-0.1, -0.05) is 36.4 Å². The summed E-state index contributed by atoms with van der Waals surface area (Å²) in [4.78, 5) is 13.8. The number of nitrogens with zero attached hydrogens (tertiary/aromatic N) is 3. The Morgan fingerprint density at radius 1 is 0.714 bits per heavy atom. The molecular formula is C18H17N3. The van der Waals surface area contributed by atoms with Crippen LogP contribution in [-0.2, 0) is 0 Å². The second-order valence-electron chi connectivity index (χ2n) is 5.20. The zero-order valence-corrected chi connectivity index (χ0v) is 12.5. The fraction of sp³-hybridized carbons (Fsp3) is 0.167. The standard InChI is InChI=1S/C18H17N3/c1-12-9-10-16(15-7-5-4-6-8-15)21-17(12)18-19-13(2)11-14(3)20-18/h4-11H,1-3H3. The van der Waals surface area contributed by atoms with Crippen LogP contribution in [-0.4, -0.2) is 15.0 Å². The first-order valence-corrected chi connectivity index (χ1v) is 6.99. The number of aryl methyl sites for hydroxylation is 3. The molecule has 3 aromatic rings. The second kappa shape index (κ2) is 5.44. The van der Waals surface area contributed by atoms with E-state index in [0.29, 0.717) is 5.82 Å². The SMILES string of the molecule is Cc1cc(C)nc(-c2nc(-c3ccccc3)ccc2C)n1. The van der Waals surface area contributed by atoms with E-state index in [1.807, 2.05) is 51.1 Å². The summed E-state index contributed by atoms with van der Waals surface area (Å²) >= 11 is 0. The summed E-state index contributed by atoms with van der Waals surface area (Å²) in [6.45, 7) is 6.00. The quantitative estimate of drug-likeness (QED) is 0.705. The molecule has 2 aromatic heterocycles. The van der Waals surface area contributed by atoms with Gasteiger partial charge < -0.3 is 0 Å². The van der Waals surface area contributed by atoms with Crippen molar-refractivity contribution in [1.29, 1.82) is 0 Å². The van der Waals surface area contributed by atoms with Crippen molar-refractivity contribution in [1.82, 2.24) is 15.0 Å². The molecule has 0 spiro atoms. The topological polar surface area (TPSA) is 38.7 Å². The Hall–Kier alpha value is -2.55. The lowest BCUT2D eigenvalue weighted by Gasteiger charge is -2.08. The normalized spacial score (nSPS) is 10.6. The molecule has 0 bridgehead atoms. The highest BCUT2D eigenvalue weighted by Crippen LogP contribution is 2.23. The summed E-state index contributed by atoms with van der Waals surface area (Å²) in [7, 11) is 0. The number of hydrogen-bond acceptors (Lipinski definition) is 3. The zero-order chi connectivity index (χ0) is 14.8. The van der Waals surface area contributed by atoms with Gasteiger partial charge in [-0.15, -0.1) is 0 Å². The molecule has 104 valence electrons. The first-order chi connectivity index (χ1) is 10.1. The number of pyridine rings is 1. The first kappa shape index (κ1) is 13.4. The van der Waals surface area contributed by atoms with Gasteiger partial charge in [0.2, 0.25) is 0 Å². The lowest BCUT2D eigenvalue weighted by molar-refractivity contribution is 1.04. The molecule has 0 aliphatic carbocycles. The summed E-state index contributed by atoms with van der Waals surface area (Å²) < 4.78 is 0. The van der Waals surface area contributed by atoms with Crippen LogP contribution < -0.4 is 0 Å². The summed E-state index contributed by atoms with van der Waals surface area (Å²) in [6, 6.07) is 16.2. The van der Waals surface area contributed by atoms with Gasteiger partial charge in [0.15, 0.2) is 5.82 Å². The third kappa shape index (κ3) is 2.82. The molecule has 0 amide bonds.